The molecule has 0 saturated heterocycles. The summed E-state index contributed by atoms with van der Waals surface area (Å²) in [7, 11) is 1.62. The van der Waals surface area contributed by atoms with E-state index in [1.54, 1.807) is 7.11 Å². The van der Waals surface area contributed by atoms with E-state index >= 15 is 0 Å². The number of hydrogen-bond donors (Lipinski definition) is 2. The first-order valence-electron chi connectivity index (χ1n) is 6.37. The molecule has 4 nitrogen and oxygen atoms in total. The minimum Gasteiger partial charge on any atom is -0.389 e. The topological polar surface area (TPSA) is 50.7 Å². The highest BCUT2D eigenvalue weighted by atomic mass is 35.5. The highest BCUT2D eigenvalue weighted by molar-refractivity contribution is 6.30. The molecule has 1 aromatic carbocycles. The summed E-state index contributed by atoms with van der Waals surface area (Å²) in [5, 5.41) is 13.7. The Morgan fingerprint density at radius 2 is 1.95 bits per heavy atom. The Balaban J connectivity index is 2.22. The Morgan fingerprint density at radius 3 is 2.58 bits per heavy atom. The van der Waals surface area contributed by atoms with Crippen molar-refractivity contribution in [3.05, 3.63) is 34.9 Å². The quantitative estimate of drug-likeness (QED) is 0.682. The molecule has 19 heavy (non-hydrogen) atoms. The van der Waals surface area contributed by atoms with Crippen LogP contribution in [0, 0.1) is 0 Å². The second kappa shape index (κ2) is 9.28. The van der Waals surface area contributed by atoms with Gasteiger partial charge >= 0.3 is 0 Å². The Labute approximate surface area is 119 Å². The van der Waals surface area contributed by atoms with Crippen LogP contribution in [0.25, 0.3) is 0 Å². The van der Waals surface area contributed by atoms with E-state index in [4.69, 9.17) is 21.1 Å². The van der Waals surface area contributed by atoms with Gasteiger partial charge in [0.2, 0.25) is 0 Å². The number of nitrogens with one attached hydrogen (secondary N) is 1. The standard InChI is InChI=1S/C14H22ClNO3/c1-11(12-3-5-13(15)6-4-12)16-9-14(17)10-19-8-7-18-2/h3-6,11,14,16-17H,7-10H2,1-2H3/t11-,14?/m0/s1. The molecule has 5 heteroatoms. The van der Waals surface area contributed by atoms with Gasteiger partial charge in [-0.1, -0.05) is 23.7 Å². The summed E-state index contributed by atoms with van der Waals surface area (Å²) >= 11 is 5.84. The molecule has 1 rings (SSSR count). The van der Waals surface area contributed by atoms with Crippen molar-refractivity contribution in [2.45, 2.75) is 19.1 Å². The molecule has 0 spiro atoms. The van der Waals surface area contributed by atoms with E-state index in [2.05, 4.69) is 5.32 Å². The zero-order chi connectivity index (χ0) is 14.1. The normalized spacial score (nSPS) is 14.3. The molecule has 0 aliphatic rings. The van der Waals surface area contributed by atoms with Crippen LogP contribution >= 0.6 is 11.6 Å². The zero-order valence-corrected chi connectivity index (χ0v) is 12.2. The molecule has 2 N–H and O–H groups in total. The highest BCUT2D eigenvalue weighted by Crippen LogP contribution is 2.15. The van der Waals surface area contributed by atoms with Crippen LogP contribution in [-0.4, -0.2) is 44.7 Å². The summed E-state index contributed by atoms with van der Waals surface area (Å²) < 4.78 is 10.1. The average molecular weight is 288 g/mol. The van der Waals surface area contributed by atoms with E-state index in [9.17, 15) is 5.11 Å². The van der Waals surface area contributed by atoms with E-state index in [0.717, 1.165) is 10.6 Å². The average Bonchev–Trinajstić information content (AvgIpc) is 2.42. The zero-order valence-electron chi connectivity index (χ0n) is 11.4. The fraction of sp³-hybridized carbons (Fsp3) is 0.571. The first kappa shape index (κ1) is 16.4. The van der Waals surface area contributed by atoms with Crippen LogP contribution in [-0.2, 0) is 9.47 Å². The van der Waals surface area contributed by atoms with E-state index in [1.165, 1.54) is 0 Å². The van der Waals surface area contributed by atoms with Gasteiger partial charge in [0.1, 0.15) is 0 Å². The van der Waals surface area contributed by atoms with Gasteiger partial charge in [0.25, 0.3) is 0 Å². The lowest BCUT2D eigenvalue weighted by atomic mass is 10.1. The molecule has 0 radical (unpaired) electrons. The van der Waals surface area contributed by atoms with Crippen LogP contribution < -0.4 is 5.32 Å². The van der Waals surface area contributed by atoms with Crippen LogP contribution in [0.4, 0.5) is 0 Å². The van der Waals surface area contributed by atoms with E-state index in [-0.39, 0.29) is 6.04 Å². The second-order valence-corrected chi connectivity index (χ2v) is 4.84. The highest BCUT2D eigenvalue weighted by Gasteiger charge is 2.08. The third kappa shape index (κ3) is 6.89. The van der Waals surface area contributed by atoms with Gasteiger partial charge in [0.05, 0.1) is 25.9 Å². The minimum atomic E-state index is -0.522. The Hall–Kier alpha value is -0.650. The van der Waals surface area contributed by atoms with Crippen molar-refractivity contribution in [2.75, 3.05) is 33.5 Å². The summed E-state index contributed by atoms with van der Waals surface area (Å²) in [5.41, 5.74) is 1.14. The lowest BCUT2D eigenvalue weighted by Gasteiger charge is -2.17. The van der Waals surface area contributed by atoms with Gasteiger partial charge in [-0.25, -0.2) is 0 Å². The predicted octanol–water partition coefficient (Wildman–Crippen LogP) is 2.01. The Morgan fingerprint density at radius 1 is 1.26 bits per heavy atom. The van der Waals surface area contributed by atoms with Gasteiger partial charge in [0, 0.05) is 24.7 Å². The number of ether oxygens (including phenoxy) is 2. The van der Waals surface area contributed by atoms with Gasteiger partial charge in [-0.2, -0.15) is 0 Å². The van der Waals surface area contributed by atoms with Gasteiger partial charge < -0.3 is 19.9 Å². The Kier molecular flexibility index (Phi) is 8.02. The molecule has 0 heterocycles. The summed E-state index contributed by atoms with van der Waals surface area (Å²) in [6.07, 6.45) is -0.522. The van der Waals surface area contributed by atoms with E-state index in [0.29, 0.717) is 26.4 Å². The smallest absolute Gasteiger partial charge is 0.0897 e. The lowest BCUT2D eigenvalue weighted by Crippen LogP contribution is -2.32. The molecule has 2 atom stereocenters. The fourth-order valence-electron chi connectivity index (χ4n) is 1.60. The van der Waals surface area contributed by atoms with Crippen molar-refractivity contribution < 1.29 is 14.6 Å². The molecule has 0 saturated carbocycles. The van der Waals surface area contributed by atoms with Crippen LogP contribution in [0.2, 0.25) is 5.02 Å². The van der Waals surface area contributed by atoms with E-state index in [1.807, 2.05) is 31.2 Å². The van der Waals surface area contributed by atoms with Gasteiger partial charge in [0.15, 0.2) is 0 Å². The third-order valence-electron chi connectivity index (χ3n) is 2.77. The second-order valence-electron chi connectivity index (χ2n) is 4.40. The lowest BCUT2D eigenvalue weighted by molar-refractivity contribution is 0.0130. The molecular weight excluding hydrogens is 266 g/mol. The monoisotopic (exact) mass is 287 g/mol. The number of methoxy groups -OCH3 is 1. The molecule has 108 valence electrons. The van der Waals surface area contributed by atoms with Crippen molar-refractivity contribution in [3.63, 3.8) is 0 Å². The maximum atomic E-state index is 9.74. The molecule has 0 amide bonds. The van der Waals surface area contributed by atoms with Crippen molar-refractivity contribution in [1.29, 1.82) is 0 Å². The fourth-order valence-corrected chi connectivity index (χ4v) is 1.73. The van der Waals surface area contributed by atoms with Gasteiger partial charge in [-0.3, -0.25) is 0 Å². The maximum absolute atomic E-state index is 9.74. The van der Waals surface area contributed by atoms with Gasteiger partial charge in [-0.15, -0.1) is 0 Å². The largest absolute Gasteiger partial charge is 0.389 e. The van der Waals surface area contributed by atoms with Crippen molar-refractivity contribution in [3.8, 4) is 0 Å². The summed E-state index contributed by atoms with van der Waals surface area (Å²) in [5.74, 6) is 0. The minimum absolute atomic E-state index is 0.158. The van der Waals surface area contributed by atoms with E-state index < -0.39 is 6.10 Å². The van der Waals surface area contributed by atoms with Crippen molar-refractivity contribution in [1.82, 2.24) is 5.32 Å². The molecule has 0 aliphatic carbocycles. The summed E-state index contributed by atoms with van der Waals surface area (Å²) in [6, 6.07) is 7.83. The number of aliphatic hydroxyl groups is 1. The molecule has 1 unspecified atom stereocenters. The van der Waals surface area contributed by atoms with Crippen molar-refractivity contribution >= 4 is 11.6 Å². The summed E-state index contributed by atoms with van der Waals surface area (Å²) in [4.78, 5) is 0. The van der Waals surface area contributed by atoms with Crippen molar-refractivity contribution in [2.24, 2.45) is 0 Å². The number of rotatable bonds is 9. The van der Waals surface area contributed by atoms with Crippen LogP contribution in [0.1, 0.15) is 18.5 Å². The SMILES string of the molecule is COCCOCC(O)CN[C@@H](C)c1ccc(Cl)cc1. The molecule has 0 aliphatic heterocycles. The first-order chi connectivity index (χ1) is 9.13. The Bertz CT molecular complexity index is 345. The van der Waals surface area contributed by atoms with Crippen LogP contribution in [0.3, 0.4) is 0 Å². The summed E-state index contributed by atoms with van der Waals surface area (Å²) in [6.45, 7) is 3.88. The number of benzene rings is 1. The van der Waals surface area contributed by atoms with Gasteiger partial charge in [-0.05, 0) is 24.6 Å². The van der Waals surface area contributed by atoms with Crippen LogP contribution in [0.5, 0.6) is 0 Å². The first-order valence-corrected chi connectivity index (χ1v) is 6.75. The van der Waals surface area contributed by atoms with Crippen LogP contribution in [0.15, 0.2) is 24.3 Å². The number of aliphatic hydroxyl groups excluding tert-OH is 1. The maximum Gasteiger partial charge on any atom is 0.0897 e. The molecule has 0 fully saturated rings. The predicted molar refractivity (Wildman–Crippen MR) is 76.6 cm³/mol. The third-order valence-corrected chi connectivity index (χ3v) is 3.02. The molecule has 1 aromatic rings. The number of hydrogen-bond acceptors (Lipinski definition) is 4. The molecule has 0 aromatic heterocycles. The number of halogens is 1. The molecule has 0 bridgehead atoms. The molecular formula is C14H22ClNO3.